The number of nitrogens with zero attached hydrogens (tertiary/aromatic N) is 7. The summed E-state index contributed by atoms with van der Waals surface area (Å²) in [6, 6.07) is 9.58. The second-order valence-corrected chi connectivity index (χ2v) is 6.49. The molecule has 10 nitrogen and oxygen atoms in total. The summed E-state index contributed by atoms with van der Waals surface area (Å²) in [5.41, 5.74) is 6.73. The third-order valence-corrected chi connectivity index (χ3v) is 4.54. The van der Waals surface area contributed by atoms with Crippen LogP contribution in [0.15, 0.2) is 34.9 Å². The maximum absolute atomic E-state index is 12.5. The van der Waals surface area contributed by atoms with E-state index in [9.17, 15) is 4.79 Å². The lowest BCUT2D eigenvalue weighted by Gasteiger charge is -2.24. The van der Waals surface area contributed by atoms with Crippen LogP contribution in [0.2, 0.25) is 0 Å². The molecule has 10 heteroatoms. The molecule has 1 aliphatic rings. The van der Waals surface area contributed by atoms with E-state index in [1.54, 1.807) is 9.80 Å². The molecule has 0 bridgehead atoms. The van der Waals surface area contributed by atoms with Crippen molar-refractivity contribution in [2.24, 2.45) is 0 Å². The van der Waals surface area contributed by atoms with Crippen LogP contribution in [0.5, 0.6) is 0 Å². The van der Waals surface area contributed by atoms with E-state index in [1.165, 1.54) is 0 Å². The van der Waals surface area contributed by atoms with E-state index in [-0.39, 0.29) is 29.4 Å². The van der Waals surface area contributed by atoms with Crippen molar-refractivity contribution in [2.45, 2.75) is 19.3 Å². The highest BCUT2D eigenvalue weighted by atomic mass is 16.5. The monoisotopic (exact) mass is 380 g/mol. The van der Waals surface area contributed by atoms with Crippen molar-refractivity contribution in [3.05, 3.63) is 36.2 Å². The van der Waals surface area contributed by atoms with Gasteiger partial charge in [-0.2, -0.15) is 19.9 Å². The average Bonchev–Trinajstić information content (AvgIpc) is 3.24. The fourth-order valence-corrected chi connectivity index (χ4v) is 3.03. The van der Waals surface area contributed by atoms with E-state index in [1.807, 2.05) is 37.4 Å². The molecule has 3 aromatic rings. The fourth-order valence-electron chi connectivity index (χ4n) is 3.03. The Balaban J connectivity index is 1.60. The van der Waals surface area contributed by atoms with Gasteiger partial charge in [0, 0.05) is 25.8 Å². The fraction of sp³-hybridized carbons (Fsp3) is 0.333. The number of nitrogen functional groups attached to an aromatic ring is 1. The Bertz CT molecular complexity index is 969. The lowest BCUT2D eigenvalue weighted by molar-refractivity contribution is 0.0674. The number of hydrogen-bond donors (Lipinski definition) is 1. The highest BCUT2D eigenvalue weighted by molar-refractivity contribution is 5.90. The van der Waals surface area contributed by atoms with Crippen molar-refractivity contribution in [1.29, 1.82) is 0 Å². The number of anilines is 3. The van der Waals surface area contributed by atoms with Crippen LogP contribution in [0, 0.1) is 0 Å². The first-order valence-corrected chi connectivity index (χ1v) is 9.05. The molecule has 0 unspecified atom stereocenters. The van der Waals surface area contributed by atoms with Crippen LogP contribution in [-0.2, 0) is 0 Å². The molecule has 1 aromatic carbocycles. The molecule has 0 aliphatic carbocycles. The zero-order chi connectivity index (χ0) is 19.5. The average molecular weight is 380 g/mol. The molecule has 2 N–H and O–H groups in total. The highest BCUT2D eigenvalue weighted by Crippen LogP contribution is 2.22. The molecular weight excluding hydrogens is 360 g/mol. The number of benzene rings is 1. The van der Waals surface area contributed by atoms with Gasteiger partial charge in [0.15, 0.2) is 0 Å². The van der Waals surface area contributed by atoms with Gasteiger partial charge < -0.3 is 20.1 Å². The van der Waals surface area contributed by atoms with Crippen LogP contribution in [0.25, 0.3) is 11.6 Å². The normalized spacial score (nSPS) is 14.1. The van der Waals surface area contributed by atoms with Crippen LogP contribution < -0.4 is 10.6 Å². The number of nitrogens with two attached hydrogens (primary N) is 1. The highest BCUT2D eigenvalue weighted by Gasteiger charge is 2.25. The molecule has 4 rings (SSSR count). The lowest BCUT2D eigenvalue weighted by Crippen LogP contribution is -2.35. The molecular formula is C18H20N8O2. The molecule has 0 atom stereocenters. The molecule has 144 valence electrons. The number of amides is 1. The molecule has 0 radical (unpaired) electrons. The lowest BCUT2D eigenvalue weighted by atomic mass is 10.1. The first-order chi connectivity index (χ1) is 13.6. The van der Waals surface area contributed by atoms with Crippen LogP contribution >= 0.6 is 0 Å². The van der Waals surface area contributed by atoms with Crippen molar-refractivity contribution < 1.29 is 9.32 Å². The van der Waals surface area contributed by atoms with Crippen molar-refractivity contribution in [1.82, 2.24) is 30.0 Å². The second-order valence-electron chi connectivity index (χ2n) is 6.49. The SMILES string of the molecule is CN(c1ccccc1)c1nc(N)nc(-c2noc(C(=O)N3CCCCC3)n2)n1. The third kappa shape index (κ3) is 3.61. The predicted octanol–water partition coefficient (Wildman–Crippen LogP) is 1.90. The van der Waals surface area contributed by atoms with Gasteiger partial charge in [-0.3, -0.25) is 4.79 Å². The molecule has 1 fully saturated rings. The summed E-state index contributed by atoms with van der Waals surface area (Å²) >= 11 is 0. The van der Waals surface area contributed by atoms with Crippen molar-refractivity contribution in [3.8, 4) is 11.6 Å². The molecule has 2 aromatic heterocycles. The largest absolute Gasteiger partial charge is 0.368 e. The van der Waals surface area contributed by atoms with E-state index in [2.05, 4.69) is 25.1 Å². The quantitative estimate of drug-likeness (QED) is 0.721. The van der Waals surface area contributed by atoms with Crippen LogP contribution in [0.4, 0.5) is 17.6 Å². The van der Waals surface area contributed by atoms with Crippen molar-refractivity contribution >= 4 is 23.5 Å². The molecule has 28 heavy (non-hydrogen) atoms. The van der Waals surface area contributed by atoms with Crippen molar-refractivity contribution in [2.75, 3.05) is 30.8 Å². The third-order valence-electron chi connectivity index (χ3n) is 4.54. The molecule has 0 spiro atoms. The zero-order valence-corrected chi connectivity index (χ0v) is 15.4. The number of carbonyl (C=O) groups is 1. The second kappa shape index (κ2) is 7.59. The van der Waals surface area contributed by atoms with Gasteiger partial charge in [0.05, 0.1) is 0 Å². The first-order valence-electron chi connectivity index (χ1n) is 9.05. The van der Waals surface area contributed by atoms with Gasteiger partial charge in [-0.1, -0.05) is 23.4 Å². The maximum Gasteiger partial charge on any atom is 0.316 e. The molecule has 1 amide bonds. The van der Waals surface area contributed by atoms with Crippen LogP contribution in [0.3, 0.4) is 0 Å². The van der Waals surface area contributed by atoms with Crippen molar-refractivity contribution in [3.63, 3.8) is 0 Å². The van der Waals surface area contributed by atoms with E-state index < -0.39 is 0 Å². The summed E-state index contributed by atoms with van der Waals surface area (Å²) in [5.74, 6) is 0.249. The number of carbonyl (C=O) groups excluding carboxylic acids is 1. The minimum atomic E-state index is -0.276. The predicted molar refractivity (Wildman–Crippen MR) is 102 cm³/mol. The summed E-state index contributed by atoms with van der Waals surface area (Å²) in [4.78, 5) is 32.8. The Labute approximate surface area is 161 Å². The van der Waals surface area contributed by atoms with Gasteiger partial charge in [-0.15, -0.1) is 0 Å². The molecule has 1 aliphatic heterocycles. The summed E-state index contributed by atoms with van der Waals surface area (Å²) in [6.45, 7) is 1.39. The minimum absolute atomic E-state index is 0.0245. The summed E-state index contributed by atoms with van der Waals surface area (Å²) < 4.78 is 5.15. The Kier molecular flexibility index (Phi) is 4.83. The summed E-state index contributed by atoms with van der Waals surface area (Å²) in [7, 11) is 1.81. The van der Waals surface area contributed by atoms with Gasteiger partial charge in [0.25, 0.3) is 0 Å². The Hall–Kier alpha value is -3.56. The van der Waals surface area contributed by atoms with Gasteiger partial charge in [0.1, 0.15) is 0 Å². The smallest absolute Gasteiger partial charge is 0.316 e. The molecule has 0 saturated carbocycles. The maximum atomic E-state index is 12.5. The van der Waals surface area contributed by atoms with Gasteiger partial charge >= 0.3 is 11.8 Å². The van der Waals surface area contributed by atoms with Gasteiger partial charge in [0.2, 0.25) is 23.5 Å². The van der Waals surface area contributed by atoms with E-state index in [0.29, 0.717) is 19.0 Å². The number of hydrogen-bond acceptors (Lipinski definition) is 9. The molecule has 1 saturated heterocycles. The Morgan fingerprint density at radius 2 is 1.79 bits per heavy atom. The van der Waals surface area contributed by atoms with E-state index in [0.717, 1.165) is 24.9 Å². The zero-order valence-electron chi connectivity index (χ0n) is 15.4. The van der Waals surface area contributed by atoms with Crippen LogP contribution in [-0.4, -0.2) is 56.0 Å². The van der Waals surface area contributed by atoms with Gasteiger partial charge in [-0.25, -0.2) is 0 Å². The standard InChI is InChI=1S/C18H20N8O2/c1-25(12-8-4-2-5-9-12)18-22-13(21-17(19)23-18)14-20-15(28-24-14)16(27)26-10-6-3-7-11-26/h2,4-5,8-9H,3,6-7,10-11H2,1H3,(H2,19,21,22,23). The number of rotatable bonds is 4. The van der Waals surface area contributed by atoms with Gasteiger partial charge in [-0.05, 0) is 31.4 Å². The Morgan fingerprint density at radius 3 is 2.54 bits per heavy atom. The topological polar surface area (TPSA) is 127 Å². The van der Waals surface area contributed by atoms with E-state index >= 15 is 0 Å². The first kappa shape index (κ1) is 17.8. The molecule has 3 heterocycles. The van der Waals surface area contributed by atoms with Crippen LogP contribution in [0.1, 0.15) is 29.9 Å². The number of para-hydroxylation sites is 1. The summed E-state index contributed by atoms with van der Waals surface area (Å²) in [5, 5.41) is 3.86. The number of likely N-dealkylation sites (tertiary alicyclic amines) is 1. The summed E-state index contributed by atoms with van der Waals surface area (Å²) in [6.07, 6.45) is 3.08. The van der Waals surface area contributed by atoms with E-state index in [4.69, 9.17) is 10.3 Å². The minimum Gasteiger partial charge on any atom is -0.368 e. The number of aromatic nitrogens is 5. The number of piperidine rings is 1. The Morgan fingerprint density at radius 1 is 1.04 bits per heavy atom.